The average molecular weight is 448 g/mol. The molecule has 33 heavy (non-hydrogen) atoms. The normalized spacial score (nSPS) is 14.2. The first kappa shape index (κ1) is 22.6. The van der Waals surface area contributed by atoms with Gasteiger partial charge in [-0.05, 0) is 48.2 Å². The molecule has 0 saturated carbocycles. The van der Waals surface area contributed by atoms with Crippen LogP contribution in [0, 0.1) is 0 Å². The van der Waals surface area contributed by atoms with E-state index in [9.17, 15) is 9.59 Å². The van der Waals surface area contributed by atoms with Crippen molar-refractivity contribution in [1.82, 2.24) is 10.2 Å². The van der Waals surface area contributed by atoms with Gasteiger partial charge in [-0.2, -0.15) is 0 Å². The Kier molecular flexibility index (Phi) is 7.42. The highest BCUT2D eigenvalue weighted by Gasteiger charge is 2.22. The molecular weight excluding hydrogens is 418 g/mol. The van der Waals surface area contributed by atoms with Gasteiger partial charge in [0.05, 0.1) is 6.26 Å². The second-order valence-electron chi connectivity index (χ2n) is 8.10. The lowest BCUT2D eigenvalue weighted by atomic mass is 9.98. The first-order valence-corrected chi connectivity index (χ1v) is 11.3. The molecule has 0 saturated heterocycles. The van der Waals surface area contributed by atoms with Gasteiger partial charge >= 0.3 is 0 Å². The van der Waals surface area contributed by atoms with Gasteiger partial charge in [-0.15, -0.1) is 0 Å². The van der Waals surface area contributed by atoms with E-state index in [0.717, 1.165) is 25.9 Å². The van der Waals surface area contributed by atoms with Gasteiger partial charge in [0, 0.05) is 37.4 Å². The van der Waals surface area contributed by atoms with Gasteiger partial charge in [0.2, 0.25) is 0 Å². The van der Waals surface area contributed by atoms with Gasteiger partial charge in [0.25, 0.3) is 11.8 Å². The summed E-state index contributed by atoms with van der Waals surface area (Å²) in [5.41, 5.74) is 3.35. The summed E-state index contributed by atoms with van der Waals surface area (Å²) in [6.45, 7) is 4.56. The Morgan fingerprint density at radius 3 is 2.73 bits per heavy atom. The summed E-state index contributed by atoms with van der Waals surface area (Å²) in [7, 11) is 0. The molecule has 0 aliphatic carbocycles. The van der Waals surface area contributed by atoms with Gasteiger partial charge in [0.15, 0.2) is 12.4 Å². The highest BCUT2D eigenvalue weighted by molar-refractivity contribution is 6.02. The predicted molar refractivity (Wildman–Crippen MR) is 126 cm³/mol. The predicted octanol–water partition coefficient (Wildman–Crippen LogP) is 3.86. The van der Waals surface area contributed by atoms with Crippen LogP contribution in [0.5, 0.6) is 5.75 Å². The first-order chi connectivity index (χ1) is 16.1. The third-order valence-electron chi connectivity index (χ3n) is 5.89. The van der Waals surface area contributed by atoms with Gasteiger partial charge in [-0.3, -0.25) is 14.5 Å². The molecular formula is C26H29N3O4. The Bertz CT molecular complexity index is 1080. The van der Waals surface area contributed by atoms with Crippen LogP contribution in [0.1, 0.15) is 35.0 Å². The molecule has 0 bridgehead atoms. The SMILES string of the molecule is CCC(CNC(=O)COc1cccc(NC(=O)c2ccco2)c1)N1CCc2ccccc2C1. The number of amides is 2. The van der Waals surface area contributed by atoms with E-state index in [1.165, 1.54) is 17.4 Å². The first-order valence-electron chi connectivity index (χ1n) is 11.3. The molecule has 1 aromatic heterocycles. The third kappa shape index (κ3) is 6.02. The summed E-state index contributed by atoms with van der Waals surface area (Å²) in [5, 5.41) is 5.75. The van der Waals surface area contributed by atoms with Crippen LogP contribution in [0.25, 0.3) is 0 Å². The van der Waals surface area contributed by atoms with E-state index in [2.05, 4.69) is 46.7 Å². The number of hydrogen-bond acceptors (Lipinski definition) is 5. The molecule has 172 valence electrons. The smallest absolute Gasteiger partial charge is 0.291 e. The quantitative estimate of drug-likeness (QED) is 0.520. The maximum atomic E-state index is 12.4. The second-order valence-corrected chi connectivity index (χ2v) is 8.10. The molecule has 7 heteroatoms. The number of carbonyl (C=O) groups excluding carboxylic acids is 2. The molecule has 0 spiro atoms. The average Bonchev–Trinajstić information content (AvgIpc) is 3.39. The Morgan fingerprint density at radius 2 is 1.94 bits per heavy atom. The zero-order valence-electron chi connectivity index (χ0n) is 18.8. The minimum absolute atomic E-state index is 0.0884. The van der Waals surface area contributed by atoms with Crippen LogP contribution in [0.3, 0.4) is 0 Å². The van der Waals surface area contributed by atoms with E-state index < -0.39 is 0 Å². The van der Waals surface area contributed by atoms with Crippen molar-refractivity contribution in [3.05, 3.63) is 83.8 Å². The number of anilines is 1. The molecule has 0 radical (unpaired) electrons. The molecule has 1 unspecified atom stereocenters. The van der Waals surface area contributed by atoms with Crippen molar-refractivity contribution in [2.24, 2.45) is 0 Å². The molecule has 2 amide bonds. The van der Waals surface area contributed by atoms with Crippen LogP contribution in [0.4, 0.5) is 5.69 Å². The number of furan rings is 1. The van der Waals surface area contributed by atoms with E-state index in [4.69, 9.17) is 9.15 Å². The molecule has 4 rings (SSSR count). The van der Waals surface area contributed by atoms with Crippen molar-refractivity contribution < 1.29 is 18.7 Å². The summed E-state index contributed by atoms with van der Waals surface area (Å²) in [5.74, 6) is 0.210. The van der Waals surface area contributed by atoms with Gasteiger partial charge in [0.1, 0.15) is 5.75 Å². The monoisotopic (exact) mass is 447 g/mol. The van der Waals surface area contributed by atoms with Crippen LogP contribution < -0.4 is 15.4 Å². The Balaban J connectivity index is 1.24. The molecule has 7 nitrogen and oxygen atoms in total. The van der Waals surface area contributed by atoms with Crippen LogP contribution in [-0.2, 0) is 17.8 Å². The number of nitrogens with zero attached hydrogens (tertiary/aromatic N) is 1. The summed E-state index contributed by atoms with van der Waals surface area (Å²) in [6, 6.07) is 19.0. The van der Waals surface area contributed by atoms with Crippen molar-refractivity contribution >= 4 is 17.5 Å². The molecule has 0 fully saturated rings. The highest BCUT2D eigenvalue weighted by Crippen LogP contribution is 2.21. The van der Waals surface area contributed by atoms with Crippen LogP contribution in [-0.4, -0.2) is 42.5 Å². The van der Waals surface area contributed by atoms with E-state index >= 15 is 0 Å². The summed E-state index contributed by atoms with van der Waals surface area (Å²) >= 11 is 0. The number of benzene rings is 2. The summed E-state index contributed by atoms with van der Waals surface area (Å²) < 4.78 is 10.7. The topological polar surface area (TPSA) is 83.8 Å². The summed E-state index contributed by atoms with van der Waals surface area (Å²) in [6.07, 6.45) is 3.44. The van der Waals surface area contributed by atoms with E-state index in [0.29, 0.717) is 18.0 Å². The van der Waals surface area contributed by atoms with Crippen LogP contribution >= 0.6 is 0 Å². The second kappa shape index (κ2) is 10.8. The zero-order chi connectivity index (χ0) is 23.0. The van der Waals surface area contributed by atoms with Crippen molar-refractivity contribution in [2.45, 2.75) is 32.4 Å². The van der Waals surface area contributed by atoms with Gasteiger partial charge in [-0.25, -0.2) is 0 Å². The van der Waals surface area contributed by atoms with E-state index in [1.807, 2.05) is 0 Å². The highest BCUT2D eigenvalue weighted by atomic mass is 16.5. The van der Waals surface area contributed by atoms with Gasteiger partial charge in [-0.1, -0.05) is 37.3 Å². The van der Waals surface area contributed by atoms with E-state index in [1.54, 1.807) is 36.4 Å². The lowest BCUT2D eigenvalue weighted by Gasteiger charge is -2.35. The Morgan fingerprint density at radius 1 is 1.09 bits per heavy atom. The fourth-order valence-corrected chi connectivity index (χ4v) is 4.06. The largest absolute Gasteiger partial charge is 0.484 e. The molecule has 3 aromatic rings. The van der Waals surface area contributed by atoms with Crippen molar-refractivity contribution in [3.8, 4) is 5.75 Å². The maximum Gasteiger partial charge on any atom is 0.291 e. The maximum absolute atomic E-state index is 12.4. The summed E-state index contributed by atoms with van der Waals surface area (Å²) in [4.78, 5) is 27.0. The molecule has 1 atom stereocenters. The minimum atomic E-state index is -0.346. The molecule has 1 aliphatic heterocycles. The zero-order valence-corrected chi connectivity index (χ0v) is 18.8. The van der Waals surface area contributed by atoms with E-state index in [-0.39, 0.29) is 30.2 Å². The van der Waals surface area contributed by atoms with Crippen molar-refractivity contribution in [3.63, 3.8) is 0 Å². The van der Waals surface area contributed by atoms with Crippen LogP contribution in [0.15, 0.2) is 71.3 Å². The lowest BCUT2D eigenvalue weighted by Crippen LogP contribution is -2.46. The minimum Gasteiger partial charge on any atom is -0.484 e. The third-order valence-corrected chi connectivity index (χ3v) is 5.89. The number of rotatable bonds is 9. The molecule has 2 aromatic carbocycles. The lowest BCUT2D eigenvalue weighted by molar-refractivity contribution is -0.123. The molecule has 2 N–H and O–H groups in total. The van der Waals surface area contributed by atoms with Gasteiger partial charge < -0.3 is 19.8 Å². The fourth-order valence-electron chi connectivity index (χ4n) is 4.06. The fraction of sp³-hybridized carbons (Fsp3) is 0.308. The number of carbonyl (C=O) groups is 2. The van der Waals surface area contributed by atoms with Crippen molar-refractivity contribution in [2.75, 3.05) is 25.0 Å². The Hall–Kier alpha value is -3.58. The number of ether oxygens (including phenoxy) is 1. The van der Waals surface area contributed by atoms with Crippen molar-refractivity contribution in [1.29, 1.82) is 0 Å². The standard InChI is InChI=1S/C26H29N3O4/c1-2-22(29-13-12-19-7-3-4-8-20(19)17-29)16-27-25(30)18-33-23-10-5-9-21(15-23)28-26(31)24-11-6-14-32-24/h3-11,14-15,22H,2,12-13,16-18H2,1H3,(H,27,30)(H,28,31). The number of nitrogens with one attached hydrogen (secondary N) is 2. The Labute approximate surface area is 193 Å². The van der Waals surface area contributed by atoms with Crippen LogP contribution in [0.2, 0.25) is 0 Å². The molecule has 1 aliphatic rings. The number of hydrogen-bond donors (Lipinski definition) is 2. The number of fused-ring (bicyclic) bond motifs is 1. The molecule has 2 heterocycles.